The fourth-order valence-corrected chi connectivity index (χ4v) is 4.76. The topological polar surface area (TPSA) is 132 Å². The predicted molar refractivity (Wildman–Crippen MR) is 158 cm³/mol. The summed E-state index contributed by atoms with van der Waals surface area (Å²) in [6.07, 6.45) is 0.745. The van der Waals surface area contributed by atoms with Crippen LogP contribution in [0.2, 0.25) is 0 Å². The molecule has 0 fully saturated rings. The number of benzene rings is 3. The highest BCUT2D eigenvalue weighted by Gasteiger charge is 2.53. The molecule has 4 rings (SSSR count). The quantitative estimate of drug-likeness (QED) is 0.125. The lowest BCUT2D eigenvalue weighted by molar-refractivity contribution is -0.128. The Hall–Kier alpha value is -4.37. The minimum Gasteiger partial charge on any atom is -0.494 e. The summed E-state index contributed by atoms with van der Waals surface area (Å²) < 4.78 is 12.2. The highest BCUT2D eigenvalue weighted by atomic mass is 16.5. The summed E-state index contributed by atoms with van der Waals surface area (Å²) in [4.78, 5) is 24.3. The van der Waals surface area contributed by atoms with Gasteiger partial charge in [0, 0.05) is 42.2 Å². The zero-order valence-electron chi connectivity index (χ0n) is 23.4. The van der Waals surface area contributed by atoms with Gasteiger partial charge in [-0.3, -0.25) is 4.79 Å². The van der Waals surface area contributed by atoms with Crippen LogP contribution >= 0.6 is 0 Å². The standard InChI is InChI=1S/C31H36N6O4/c1-37(2)19-8-18-33-30(39)31(22-25-12-6-7-13-27(25)35-36-32)28(23-10-4-3-5-11-23)41-29(34-31)24-14-16-26(17-15-24)40-21-9-20-38/h3-7,10-17,28,38H,8-9,18-22H2,1-2H3,(H,33,39)/t28-,31-/m1/s1. The number of azide groups is 1. The number of hydrogen-bond donors (Lipinski definition) is 2. The van der Waals surface area contributed by atoms with Crippen LogP contribution < -0.4 is 10.1 Å². The molecule has 3 aromatic rings. The van der Waals surface area contributed by atoms with E-state index in [4.69, 9.17) is 19.6 Å². The van der Waals surface area contributed by atoms with E-state index in [1.54, 1.807) is 12.1 Å². The number of carbonyl (C=O) groups is 1. The summed E-state index contributed by atoms with van der Waals surface area (Å²) in [6.45, 7) is 1.77. The van der Waals surface area contributed by atoms with Crippen molar-refractivity contribution in [2.24, 2.45) is 10.1 Å². The van der Waals surface area contributed by atoms with Crippen LogP contribution in [0.25, 0.3) is 10.4 Å². The minimum atomic E-state index is -1.37. The Balaban J connectivity index is 1.76. The molecule has 10 heteroatoms. The molecule has 0 spiro atoms. The van der Waals surface area contributed by atoms with Crippen LogP contribution in [-0.2, 0) is 16.0 Å². The Morgan fingerprint density at radius 3 is 2.54 bits per heavy atom. The fraction of sp³-hybridized carbons (Fsp3) is 0.355. The Morgan fingerprint density at radius 2 is 1.83 bits per heavy atom. The van der Waals surface area contributed by atoms with Gasteiger partial charge in [0.1, 0.15) is 5.75 Å². The van der Waals surface area contributed by atoms with Crippen molar-refractivity contribution in [3.05, 3.63) is 106 Å². The van der Waals surface area contributed by atoms with Crippen molar-refractivity contribution in [1.82, 2.24) is 10.2 Å². The van der Waals surface area contributed by atoms with Gasteiger partial charge in [-0.05, 0) is 68.0 Å². The van der Waals surface area contributed by atoms with Gasteiger partial charge in [0.15, 0.2) is 11.6 Å². The highest BCUT2D eigenvalue weighted by molar-refractivity contribution is 6.01. The predicted octanol–water partition coefficient (Wildman–Crippen LogP) is 4.96. The van der Waals surface area contributed by atoms with Crippen LogP contribution in [0.1, 0.15) is 35.6 Å². The van der Waals surface area contributed by atoms with E-state index < -0.39 is 11.6 Å². The second-order valence-corrected chi connectivity index (χ2v) is 10.1. The number of aliphatic hydroxyl groups excluding tert-OH is 1. The van der Waals surface area contributed by atoms with Gasteiger partial charge in [-0.25, -0.2) is 4.99 Å². The van der Waals surface area contributed by atoms with E-state index in [2.05, 4.69) is 20.2 Å². The summed E-state index contributed by atoms with van der Waals surface area (Å²) in [5.41, 5.74) is 10.4. The van der Waals surface area contributed by atoms with Gasteiger partial charge >= 0.3 is 0 Å². The average Bonchev–Trinajstić information content (AvgIpc) is 3.38. The minimum absolute atomic E-state index is 0.0612. The summed E-state index contributed by atoms with van der Waals surface area (Å²) in [5, 5.41) is 16.0. The number of hydrogen-bond acceptors (Lipinski definition) is 7. The molecule has 0 saturated carbocycles. The molecule has 0 bridgehead atoms. The lowest BCUT2D eigenvalue weighted by atomic mass is 9.81. The van der Waals surface area contributed by atoms with Crippen LogP contribution in [-0.4, -0.2) is 67.7 Å². The molecule has 0 saturated heterocycles. The molecule has 1 aliphatic heterocycles. The Morgan fingerprint density at radius 1 is 1.10 bits per heavy atom. The number of aliphatic hydroxyl groups is 1. The van der Waals surface area contributed by atoms with E-state index in [0.29, 0.717) is 48.0 Å². The zero-order chi connectivity index (χ0) is 29.1. The van der Waals surface area contributed by atoms with Crippen molar-refractivity contribution in [1.29, 1.82) is 0 Å². The van der Waals surface area contributed by atoms with Gasteiger partial charge in [-0.1, -0.05) is 59.7 Å². The monoisotopic (exact) mass is 556 g/mol. The molecule has 0 unspecified atom stereocenters. The molecule has 0 aromatic heterocycles. The molecule has 3 aromatic carbocycles. The molecular formula is C31H36N6O4. The first kappa shape index (κ1) is 29.6. The zero-order valence-corrected chi connectivity index (χ0v) is 23.4. The van der Waals surface area contributed by atoms with Crippen LogP contribution in [0.5, 0.6) is 5.75 Å². The molecule has 1 amide bonds. The number of ether oxygens (including phenoxy) is 2. The van der Waals surface area contributed by atoms with Crippen LogP contribution in [0.15, 0.2) is 89.0 Å². The van der Waals surface area contributed by atoms with E-state index in [9.17, 15) is 10.3 Å². The van der Waals surface area contributed by atoms with Gasteiger partial charge in [0.25, 0.3) is 5.91 Å². The fourth-order valence-electron chi connectivity index (χ4n) is 4.76. The van der Waals surface area contributed by atoms with E-state index in [-0.39, 0.29) is 18.9 Å². The second-order valence-electron chi connectivity index (χ2n) is 10.1. The lowest BCUT2D eigenvalue weighted by Crippen LogP contribution is -2.50. The SMILES string of the molecule is CN(C)CCCNC(=O)[C@]1(Cc2ccccc2N=[N+]=[N-])N=C(c2ccc(OCCCO)cc2)O[C@@H]1c1ccccc1. The maximum atomic E-state index is 14.2. The van der Waals surface area contributed by atoms with Crippen molar-refractivity contribution in [3.8, 4) is 5.75 Å². The molecule has 10 nitrogen and oxygen atoms in total. The average molecular weight is 557 g/mol. The molecule has 2 N–H and O–H groups in total. The number of carbonyl (C=O) groups excluding carboxylic acids is 1. The maximum absolute atomic E-state index is 14.2. The summed E-state index contributed by atoms with van der Waals surface area (Å²) in [6, 6.07) is 24.1. The molecule has 2 atom stereocenters. The third kappa shape index (κ3) is 7.43. The molecule has 41 heavy (non-hydrogen) atoms. The van der Waals surface area contributed by atoms with Crippen molar-refractivity contribution in [2.75, 3.05) is 40.4 Å². The molecule has 0 radical (unpaired) electrons. The van der Waals surface area contributed by atoms with E-state index in [1.807, 2.05) is 80.8 Å². The first-order valence-electron chi connectivity index (χ1n) is 13.7. The Labute approximate surface area is 240 Å². The maximum Gasteiger partial charge on any atom is 0.252 e. The number of rotatable bonds is 14. The molecule has 1 heterocycles. The highest BCUT2D eigenvalue weighted by Crippen LogP contribution is 2.43. The van der Waals surface area contributed by atoms with Crippen molar-refractivity contribution < 1.29 is 19.4 Å². The molecule has 214 valence electrons. The van der Waals surface area contributed by atoms with Gasteiger partial charge in [-0.15, -0.1) is 0 Å². The van der Waals surface area contributed by atoms with Crippen LogP contribution in [0.3, 0.4) is 0 Å². The largest absolute Gasteiger partial charge is 0.494 e. The summed E-state index contributed by atoms with van der Waals surface area (Å²) >= 11 is 0. The summed E-state index contributed by atoms with van der Waals surface area (Å²) in [5.74, 6) is 0.735. The third-order valence-electron chi connectivity index (χ3n) is 6.80. The Bertz CT molecular complexity index is 1370. The number of nitrogens with one attached hydrogen (secondary N) is 1. The van der Waals surface area contributed by atoms with Gasteiger partial charge in [0.05, 0.1) is 6.61 Å². The van der Waals surface area contributed by atoms with Crippen molar-refractivity contribution in [2.45, 2.75) is 30.9 Å². The van der Waals surface area contributed by atoms with Crippen molar-refractivity contribution in [3.63, 3.8) is 0 Å². The van der Waals surface area contributed by atoms with E-state index in [1.165, 1.54) is 0 Å². The van der Waals surface area contributed by atoms with E-state index in [0.717, 1.165) is 18.5 Å². The lowest BCUT2D eigenvalue weighted by Gasteiger charge is -2.31. The first-order valence-corrected chi connectivity index (χ1v) is 13.7. The number of nitrogens with zero attached hydrogens (tertiary/aromatic N) is 5. The second kappa shape index (κ2) is 14.3. The van der Waals surface area contributed by atoms with Gasteiger partial charge in [0.2, 0.25) is 5.90 Å². The number of amides is 1. The normalized spacial score (nSPS) is 17.9. The smallest absolute Gasteiger partial charge is 0.252 e. The third-order valence-corrected chi connectivity index (χ3v) is 6.80. The van der Waals surface area contributed by atoms with Crippen LogP contribution in [0.4, 0.5) is 5.69 Å². The summed E-state index contributed by atoms with van der Waals surface area (Å²) in [7, 11) is 3.98. The molecular weight excluding hydrogens is 520 g/mol. The number of aliphatic imine (C=N–C) groups is 1. The Kier molecular flexibility index (Phi) is 10.3. The molecule has 0 aliphatic carbocycles. The van der Waals surface area contributed by atoms with Gasteiger partial charge < -0.3 is 24.8 Å². The van der Waals surface area contributed by atoms with E-state index >= 15 is 0 Å². The molecule has 1 aliphatic rings. The first-order chi connectivity index (χ1) is 20.0. The van der Waals surface area contributed by atoms with Gasteiger partial charge in [-0.2, -0.15) is 0 Å². The van der Waals surface area contributed by atoms with Crippen molar-refractivity contribution >= 4 is 17.5 Å². The van der Waals surface area contributed by atoms with Crippen LogP contribution in [0, 0.1) is 0 Å².